The maximum atomic E-state index is 13.4. The predicted molar refractivity (Wildman–Crippen MR) is 59.8 cm³/mol. The smallest absolute Gasteiger partial charge is 0.170 e. The number of nitrogens with one attached hydrogen (secondary N) is 1. The molecule has 17 heavy (non-hydrogen) atoms. The van der Waals surface area contributed by atoms with E-state index >= 15 is 0 Å². The Labute approximate surface area is 96.3 Å². The molecule has 5 nitrogen and oxygen atoms in total. The Bertz CT molecular complexity index is 545. The molecule has 2 aromatic heterocycles. The topological polar surface area (TPSA) is 68.8 Å². The summed E-state index contributed by atoms with van der Waals surface area (Å²) in [6.07, 6.45) is 0. The molecule has 0 aliphatic rings. The maximum absolute atomic E-state index is 13.4. The molecule has 0 amide bonds. The van der Waals surface area contributed by atoms with Crippen LogP contribution in [0.2, 0.25) is 0 Å². The minimum atomic E-state index is -0.884. The molecule has 3 N–H and O–H groups in total. The van der Waals surface area contributed by atoms with Gasteiger partial charge in [0.15, 0.2) is 29.1 Å². The van der Waals surface area contributed by atoms with E-state index in [9.17, 15) is 8.78 Å². The lowest BCUT2D eigenvalue weighted by Crippen LogP contribution is -2.03. The van der Waals surface area contributed by atoms with Crippen molar-refractivity contribution in [3.63, 3.8) is 0 Å². The summed E-state index contributed by atoms with van der Waals surface area (Å²) >= 11 is 0. The normalized spacial score (nSPS) is 10.6. The number of nitrogen functional groups attached to an aromatic ring is 1. The van der Waals surface area contributed by atoms with E-state index in [1.165, 1.54) is 0 Å². The van der Waals surface area contributed by atoms with E-state index in [2.05, 4.69) is 15.4 Å². The molecule has 0 aliphatic carbocycles. The first-order valence-electron chi connectivity index (χ1n) is 4.86. The first kappa shape index (κ1) is 11.3. The van der Waals surface area contributed by atoms with Crippen molar-refractivity contribution in [1.29, 1.82) is 0 Å². The number of halogens is 2. The molecule has 2 heterocycles. The standard InChI is InChI=1S/C10H11F2N5/c1-5-3-8(16-17(5)2)14-10-7(12)4-6(11)9(13)15-10/h3-4H,1-2H3,(H3,13,14,15,16). The van der Waals surface area contributed by atoms with Crippen molar-refractivity contribution in [2.75, 3.05) is 11.1 Å². The van der Waals surface area contributed by atoms with Gasteiger partial charge >= 0.3 is 0 Å². The van der Waals surface area contributed by atoms with Gasteiger partial charge in [0.05, 0.1) is 0 Å². The first-order chi connectivity index (χ1) is 7.97. The second-order valence-electron chi connectivity index (χ2n) is 3.61. The number of anilines is 3. The van der Waals surface area contributed by atoms with Crippen molar-refractivity contribution >= 4 is 17.5 Å². The second kappa shape index (κ2) is 4.00. The molecule has 0 atom stereocenters. The van der Waals surface area contributed by atoms with Gasteiger partial charge in [-0.2, -0.15) is 5.10 Å². The zero-order chi connectivity index (χ0) is 12.6. The second-order valence-corrected chi connectivity index (χ2v) is 3.61. The van der Waals surface area contributed by atoms with E-state index in [0.29, 0.717) is 11.9 Å². The van der Waals surface area contributed by atoms with E-state index in [-0.39, 0.29) is 11.6 Å². The van der Waals surface area contributed by atoms with Crippen LogP contribution in [0, 0.1) is 18.6 Å². The molecular weight excluding hydrogens is 228 g/mol. The summed E-state index contributed by atoms with van der Waals surface area (Å²) in [5.74, 6) is -1.80. The zero-order valence-corrected chi connectivity index (χ0v) is 9.33. The summed E-state index contributed by atoms with van der Waals surface area (Å²) in [4.78, 5) is 3.57. The van der Waals surface area contributed by atoms with E-state index in [1.54, 1.807) is 17.8 Å². The summed E-state index contributed by atoms with van der Waals surface area (Å²) in [6.45, 7) is 1.85. The van der Waals surface area contributed by atoms with Crippen LogP contribution in [-0.2, 0) is 7.05 Å². The van der Waals surface area contributed by atoms with Crippen LogP contribution in [0.15, 0.2) is 12.1 Å². The number of aromatic nitrogens is 3. The van der Waals surface area contributed by atoms with Gasteiger partial charge in [-0.25, -0.2) is 13.8 Å². The van der Waals surface area contributed by atoms with Crippen LogP contribution >= 0.6 is 0 Å². The molecule has 0 aliphatic heterocycles. The van der Waals surface area contributed by atoms with E-state index in [0.717, 1.165) is 5.69 Å². The first-order valence-corrected chi connectivity index (χ1v) is 4.86. The number of hydrogen-bond acceptors (Lipinski definition) is 4. The summed E-state index contributed by atoms with van der Waals surface area (Å²) < 4.78 is 27.9. The lowest BCUT2D eigenvalue weighted by molar-refractivity contribution is 0.580. The van der Waals surface area contributed by atoms with Gasteiger partial charge in [-0.3, -0.25) is 4.68 Å². The highest BCUT2D eigenvalue weighted by Gasteiger charge is 2.11. The predicted octanol–water partition coefficient (Wildman–Crippen LogP) is 1.73. The number of nitrogens with two attached hydrogens (primary N) is 1. The number of hydrogen-bond donors (Lipinski definition) is 2. The van der Waals surface area contributed by atoms with Crippen molar-refractivity contribution in [2.45, 2.75) is 6.92 Å². The number of rotatable bonds is 2. The van der Waals surface area contributed by atoms with Crippen LogP contribution in [0.5, 0.6) is 0 Å². The highest BCUT2D eigenvalue weighted by molar-refractivity contribution is 5.55. The highest BCUT2D eigenvalue weighted by atomic mass is 19.1. The third kappa shape index (κ3) is 2.17. The fourth-order valence-corrected chi connectivity index (χ4v) is 1.31. The Morgan fingerprint density at radius 1 is 1.29 bits per heavy atom. The average Bonchev–Trinajstić information content (AvgIpc) is 2.55. The van der Waals surface area contributed by atoms with Crippen LogP contribution < -0.4 is 11.1 Å². The van der Waals surface area contributed by atoms with Crippen LogP contribution in [-0.4, -0.2) is 14.8 Å². The van der Waals surface area contributed by atoms with Crippen LogP contribution in [0.4, 0.5) is 26.2 Å². The SMILES string of the molecule is Cc1cc(Nc2nc(N)c(F)cc2F)nn1C. The Balaban J connectivity index is 2.33. The summed E-state index contributed by atoms with van der Waals surface area (Å²) in [5.41, 5.74) is 6.15. The van der Waals surface area contributed by atoms with Gasteiger partial charge in [-0.05, 0) is 6.92 Å². The fourth-order valence-electron chi connectivity index (χ4n) is 1.31. The summed E-state index contributed by atoms with van der Waals surface area (Å²) in [6, 6.07) is 2.39. The zero-order valence-electron chi connectivity index (χ0n) is 9.33. The lowest BCUT2D eigenvalue weighted by Gasteiger charge is -2.04. The molecule has 0 saturated heterocycles. The molecule has 0 radical (unpaired) electrons. The third-order valence-electron chi connectivity index (χ3n) is 2.32. The number of nitrogens with zero attached hydrogens (tertiary/aromatic N) is 3. The van der Waals surface area contributed by atoms with E-state index < -0.39 is 11.6 Å². The van der Waals surface area contributed by atoms with Gasteiger partial charge < -0.3 is 11.1 Å². The molecule has 0 fully saturated rings. The molecule has 90 valence electrons. The third-order valence-corrected chi connectivity index (χ3v) is 2.32. The highest BCUT2D eigenvalue weighted by Crippen LogP contribution is 2.20. The van der Waals surface area contributed by atoms with Gasteiger partial charge in [0, 0.05) is 24.9 Å². The number of aryl methyl sites for hydroxylation is 2. The lowest BCUT2D eigenvalue weighted by atomic mass is 10.4. The molecule has 2 rings (SSSR count). The number of pyridine rings is 1. The molecule has 0 unspecified atom stereocenters. The van der Waals surface area contributed by atoms with Crippen molar-refractivity contribution in [1.82, 2.24) is 14.8 Å². The Morgan fingerprint density at radius 2 is 2.00 bits per heavy atom. The van der Waals surface area contributed by atoms with Gasteiger partial charge in [-0.15, -0.1) is 0 Å². The molecule has 0 bridgehead atoms. The Hall–Kier alpha value is -2.18. The molecule has 0 aromatic carbocycles. The summed E-state index contributed by atoms with van der Waals surface area (Å²) in [7, 11) is 1.75. The molecular formula is C10H11F2N5. The van der Waals surface area contributed by atoms with Crippen molar-refractivity contribution in [3.8, 4) is 0 Å². The molecule has 7 heteroatoms. The monoisotopic (exact) mass is 239 g/mol. The quantitative estimate of drug-likeness (QED) is 0.837. The van der Waals surface area contributed by atoms with Crippen molar-refractivity contribution < 1.29 is 8.78 Å². The maximum Gasteiger partial charge on any atom is 0.170 e. The van der Waals surface area contributed by atoms with Crippen molar-refractivity contribution in [2.24, 2.45) is 7.05 Å². The molecule has 0 saturated carbocycles. The summed E-state index contributed by atoms with van der Waals surface area (Å²) in [5, 5.41) is 6.70. The van der Waals surface area contributed by atoms with Gasteiger partial charge in [0.25, 0.3) is 0 Å². The van der Waals surface area contributed by atoms with Crippen LogP contribution in [0.1, 0.15) is 5.69 Å². The minimum absolute atomic E-state index is 0.151. The Morgan fingerprint density at radius 3 is 2.59 bits per heavy atom. The van der Waals surface area contributed by atoms with Crippen LogP contribution in [0.3, 0.4) is 0 Å². The van der Waals surface area contributed by atoms with Crippen LogP contribution in [0.25, 0.3) is 0 Å². The van der Waals surface area contributed by atoms with Gasteiger partial charge in [0.2, 0.25) is 0 Å². The van der Waals surface area contributed by atoms with Gasteiger partial charge in [0.1, 0.15) is 0 Å². The average molecular weight is 239 g/mol. The van der Waals surface area contributed by atoms with Crippen molar-refractivity contribution in [3.05, 3.63) is 29.5 Å². The van der Waals surface area contributed by atoms with Gasteiger partial charge in [-0.1, -0.05) is 0 Å². The van der Waals surface area contributed by atoms with E-state index in [1.807, 2.05) is 6.92 Å². The fraction of sp³-hybridized carbons (Fsp3) is 0.200. The molecule has 2 aromatic rings. The van der Waals surface area contributed by atoms with E-state index in [4.69, 9.17) is 5.73 Å². The minimum Gasteiger partial charge on any atom is -0.381 e. The Kier molecular flexibility index (Phi) is 2.66. The largest absolute Gasteiger partial charge is 0.381 e. The molecule has 0 spiro atoms.